The van der Waals surface area contributed by atoms with E-state index in [0.717, 1.165) is 72.8 Å². The number of ether oxygens (including phenoxy) is 6. The van der Waals surface area contributed by atoms with Crippen LogP contribution in [0.25, 0.3) is 0 Å². The Morgan fingerprint density at radius 2 is 1.33 bits per heavy atom. The first kappa shape index (κ1) is 82.4. The van der Waals surface area contributed by atoms with Gasteiger partial charge in [-0.15, -0.1) is 0 Å². The van der Waals surface area contributed by atoms with Crippen molar-refractivity contribution in [3.05, 3.63) is 170 Å². The lowest BCUT2D eigenvalue weighted by Gasteiger charge is -2.51. The fraction of sp³-hybridized carbons (Fsp3) is 0.384. The van der Waals surface area contributed by atoms with E-state index in [1.165, 1.54) is 13.0 Å². The van der Waals surface area contributed by atoms with Gasteiger partial charge in [0, 0.05) is 24.1 Å². The molecule has 5 aromatic rings. The van der Waals surface area contributed by atoms with Gasteiger partial charge in [0.1, 0.15) is 150 Å². The van der Waals surface area contributed by atoms with Gasteiger partial charge in [0.25, 0.3) is 0 Å². The minimum Gasteiger partial charge on any atom is -0.512 e. The van der Waals surface area contributed by atoms with E-state index in [4.69, 9.17) is 63.1 Å². The summed E-state index contributed by atoms with van der Waals surface area (Å²) < 4.78 is 38.4. The van der Waals surface area contributed by atoms with Gasteiger partial charge in [0.05, 0.1) is 47.2 Å². The number of nitrogens with one attached hydrogen (secondary N) is 7. The van der Waals surface area contributed by atoms with E-state index in [-0.39, 0.29) is 29.9 Å². The van der Waals surface area contributed by atoms with E-state index in [0.29, 0.717) is 11.3 Å². The molecule has 11 bridgehead atoms. The number of nitrogens with two attached hydrogens (primary N) is 2. The molecule has 20 atom stereocenters. The van der Waals surface area contributed by atoms with Gasteiger partial charge in [-0.25, -0.2) is 4.79 Å². The Morgan fingerprint density at radius 1 is 0.688 bits per heavy atom. The van der Waals surface area contributed by atoms with Crippen molar-refractivity contribution in [3.63, 3.8) is 0 Å². The number of phenols is 2. The molecule has 20 unspecified atom stereocenters. The summed E-state index contributed by atoms with van der Waals surface area (Å²) in [4.78, 5) is 129. The Morgan fingerprint density at radius 3 is 1.94 bits per heavy atom. The zero-order valence-electron chi connectivity index (χ0n) is 58.8. The molecule has 0 spiro atoms. The first-order chi connectivity index (χ1) is 53.1. The van der Waals surface area contributed by atoms with E-state index >= 15 is 14.4 Å². The van der Waals surface area contributed by atoms with E-state index in [1.54, 1.807) is 24.3 Å². The van der Waals surface area contributed by atoms with E-state index in [2.05, 4.69) is 43.8 Å². The Bertz CT molecular complexity index is 4610. The number of aliphatic hydroxyl groups is 9. The highest BCUT2D eigenvalue weighted by Crippen LogP contribution is 2.51. The molecule has 112 heavy (non-hydrogen) atoms. The van der Waals surface area contributed by atoms with Crippen molar-refractivity contribution in [2.24, 2.45) is 11.5 Å². The average molecular weight is 1600 g/mol. The van der Waals surface area contributed by atoms with Crippen LogP contribution in [0.1, 0.15) is 101 Å². The van der Waals surface area contributed by atoms with Crippen molar-refractivity contribution in [2.45, 2.75) is 154 Å². The number of amides is 7. The summed E-state index contributed by atoms with van der Waals surface area (Å²) in [7, 11) is 0. The molecule has 2 fully saturated rings. The van der Waals surface area contributed by atoms with Crippen molar-refractivity contribution in [3.8, 4) is 40.2 Å². The number of carbonyl (C=O) groups excluding carboxylic acids is 7. The number of rotatable bonds is 19. The van der Waals surface area contributed by atoms with Crippen molar-refractivity contribution in [2.75, 3.05) is 19.8 Å². The third-order valence-electron chi connectivity index (χ3n) is 19.9. The lowest BCUT2D eigenvalue weighted by molar-refractivity contribution is -0.341. The second-order valence-electron chi connectivity index (χ2n) is 27.4. The number of hydrogen-bond donors (Lipinski definition) is 22. The Balaban J connectivity index is 1.16. The third-order valence-corrected chi connectivity index (χ3v) is 20.5. The lowest BCUT2D eigenvalue weighted by atomic mass is 9.79. The fourth-order valence-electron chi connectivity index (χ4n) is 14.1. The maximum atomic E-state index is 16.2. The normalized spacial score (nSPS) is 29.7. The summed E-state index contributed by atoms with van der Waals surface area (Å²) in [6.07, 6.45) is -22.0. The Hall–Kier alpha value is -10.6. The number of hydrogen-bond acceptors (Lipinski definition) is 28. The molecule has 598 valence electrons. The number of aromatic hydroxyl groups is 2. The second-order valence-corrected chi connectivity index (χ2v) is 28.2. The van der Waals surface area contributed by atoms with E-state index in [9.17, 15) is 95.2 Å². The number of carboxylic acids is 2. The third kappa shape index (κ3) is 17.2. The van der Waals surface area contributed by atoms with Crippen LogP contribution in [0.2, 0.25) is 10.0 Å². The van der Waals surface area contributed by atoms with Crippen LogP contribution in [0.4, 0.5) is 0 Å². The lowest BCUT2D eigenvalue weighted by Crippen LogP contribution is -2.72. The van der Waals surface area contributed by atoms with Crippen LogP contribution < -0.4 is 62.9 Å². The van der Waals surface area contributed by atoms with Gasteiger partial charge in [-0.3, -0.25) is 43.7 Å². The van der Waals surface area contributed by atoms with Gasteiger partial charge in [0.2, 0.25) is 41.4 Å². The summed E-state index contributed by atoms with van der Waals surface area (Å²) in [5.41, 5.74) is 6.66. The number of carboxylic acid groups (broad SMARTS) is 2. The Labute approximate surface area is 644 Å². The first-order valence-corrected chi connectivity index (χ1v) is 35.3. The molecule has 5 aromatic carbocycles. The molecule has 2 saturated heterocycles. The van der Waals surface area contributed by atoms with E-state index < -0.39 is 279 Å². The minimum atomic E-state index is -2.47. The molecule has 37 nitrogen and oxygen atoms in total. The molecule has 7 heterocycles. The number of phenolic OH excluding ortho intramolecular Hbond substituents is 2. The number of carbonyl (C=O) groups is 9. The van der Waals surface area contributed by atoms with Crippen molar-refractivity contribution >= 4 is 76.5 Å². The molecule has 0 radical (unpaired) electrons. The van der Waals surface area contributed by atoms with Gasteiger partial charge >= 0.3 is 11.9 Å². The number of allylic oxidation sites excluding steroid dienone is 3. The van der Waals surface area contributed by atoms with Crippen LogP contribution in [0.3, 0.4) is 0 Å². The van der Waals surface area contributed by atoms with Crippen LogP contribution in [0.5, 0.6) is 40.2 Å². The van der Waals surface area contributed by atoms with Gasteiger partial charge in [0.15, 0.2) is 12.3 Å². The molecule has 7 amide bonds. The van der Waals surface area contributed by atoms with Crippen molar-refractivity contribution in [1.82, 2.24) is 37.2 Å². The number of halogens is 2. The number of benzene rings is 5. The zero-order chi connectivity index (χ0) is 81.2. The standard InChI is InChI=1S/C73H79Cl2N9O28/c1-3-13-107-33-6-4-5-27(14-33)24-78-73(2)63(96)47(26-86)111-72(64(73)97)112-62-60(95)59(94)46(25-85)110-61(62)51-44-18-31-19-45(51)109-43-12-9-30(17-37(43)75)58(93)56-69(102)83-54(71(105)106)35-20-32(87)21-41(89)50(35)34-15-28(7-10-40(34)88)52(66(99)84-56)82-67(100)53(31)81-65(98)38(22-48(76)90)80-68(101)55(79-39(70(103)104)23-49(77)91)57(92)29-8-11-42(108-44)36(74)16-29/h3-12,14,16-21,34,38-39,46-47,52-64,72,78-79,85-89,92-97H,1,13,15,22-26H2,2H3,(H2,76,90)(H2,77,91)(H,80,101)(H,81,98)(H,82,100)(H,83,102)(H,84,99)(H,103,104)(H,105,106). The number of primary amides is 2. The summed E-state index contributed by atoms with van der Waals surface area (Å²) in [6, 6.07) is 0.641. The van der Waals surface area contributed by atoms with Crippen LogP contribution in [-0.4, -0.2) is 224 Å². The van der Waals surface area contributed by atoms with E-state index in [1.807, 2.05) is 0 Å². The molecule has 7 aliphatic heterocycles. The number of aliphatic carboxylic acids is 2. The molecule has 13 rings (SSSR count). The van der Waals surface area contributed by atoms with Crippen molar-refractivity contribution < 1.29 is 138 Å². The largest absolute Gasteiger partial charge is 0.512 e. The smallest absolute Gasteiger partial charge is 0.330 e. The van der Waals surface area contributed by atoms with Gasteiger partial charge in [-0.05, 0) is 107 Å². The summed E-state index contributed by atoms with van der Waals surface area (Å²) >= 11 is 14.2. The predicted molar refractivity (Wildman–Crippen MR) is 383 cm³/mol. The molecule has 0 aromatic heterocycles. The fourth-order valence-corrected chi connectivity index (χ4v) is 14.5. The maximum Gasteiger partial charge on any atom is 0.330 e. The summed E-state index contributed by atoms with van der Waals surface area (Å²) in [5.74, 6) is -19.4. The minimum absolute atomic E-state index is 0.113. The number of aliphatic hydroxyl groups excluding tert-OH is 9. The molecule has 1 aliphatic carbocycles. The van der Waals surface area contributed by atoms with Gasteiger partial charge in [-0.1, -0.05) is 66.2 Å². The van der Waals surface area contributed by atoms with Crippen LogP contribution >= 0.6 is 23.2 Å². The molecule has 0 saturated carbocycles. The molecule has 8 aliphatic rings. The highest BCUT2D eigenvalue weighted by Gasteiger charge is 2.57. The first-order valence-electron chi connectivity index (χ1n) is 34.6. The van der Waals surface area contributed by atoms with Crippen LogP contribution in [0.15, 0.2) is 121 Å². The SMILES string of the molecule is C=CCOc1cccc(CNC2(C)C(O)C(CO)OC(OC3C(c4c5cc6cc4Oc4ccc(cc4Cl)C(O)C(NC(CC(N)=O)C(=O)O)C(=O)NC(CC(N)=O)C(=O)NC6C(=O)NC4C(=O)NC(C(=O)NC(C(=O)O)c6cc(O)cc(O)c6C6CC4=CC=C6O)C(O)c4ccc(c(Cl)c4)O5)OC(CO)C(O)C3O)C2O)c1. The highest BCUT2D eigenvalue weighted by molar-refractivity contribution is 6.32. The molecular weight excluding hydrogens is 1520 g/mol. The maximum absolute atomic E-state index is 16.2. The van der Waals surface area contributed by atoms with Crippen molar-refractivity contribution in [1.29, 1.82) is 0 Å². The number of fused-ring (bicyclic) bond motifs is 15. The average Bonchev–Trinajstić information content (AvgIpc) is 0.748. The second kappa shape index (κ2) is 34.2. The monoisotopic (exact) mass is 1600 g/mol. The Kier molecular flexibility index (Phi) is 25.1. The topological polar surface area (TPSA) is 608 Å². The summed E-state index contributed by atoms with van der Waals surface area (Å²) in [6.45, 7) is 2.98. The quantitative estimate of drug-likeness (QED) is 0.0430. The molecule has 24 N–H and O–H groups in total. The predicted octanol–water partition coefficient (Wildman–Crippen LogP) is -1.24. The highest BCUT2D eigenvalue weighted by atomic mass is 35.5. The van der Waals surface area contributed by atoms with Gasteiger partial charge < -0.3 is 138 Å². The summed E-state index contributed by atoms with van der Waals surface area (Å²) in [5, 5.41) is 167. The zero-order valence-corrected chi connectivity index (χ0v) is 60.3. The molecule has 39 heteroatoms. The van der Waals surface area contributed by atoms with Gasteiger partial charge in [-0.2, -0.15) is 0 Å². The molecular formula is C73H79Cl2N9O28. The van der Waals surface area contributed by atoms with Crippen LogP contribution in [0, 0.1) is 0 Å². The van der Waals surface area contributed by atoms with Crippen LogP contribution in [-0.2, 0) is 63.9 Å².